The van der Waals surface area contributed by atoms with E-state index in [0.717, 1.165) is 50.1 Å². The molecule has 260 valence electrons. The van der Waals surface area contributed by atoms with Gasteiger partial charge in [-0.15, -0.1) is 0 Å². The molecule has 17 heteroatoms. The van der Waals surface area contributed by atoms with Gasteiger partial charge in [0, 0.05) is 37.9 Å². The maximum absolute atomic E-state index is 12.7. The van der Waals surface area contributed by atoms with Crippen molar-refractivity contribution in [3.8, 4) is 0 Å². The monoisotopic (exact) mass is 701 g/mol. The summed E-state index contributed by atoms with van der Waals surface area (Å²) in [6, 6.07) is 8.91. The van der Waals surface area contributed by atoms with E-state index in [-0.39, 0.29) is 29.4 Å². The zero-order valence-corrected chi connectivity index (χ0v) is 27.2. The highest BCUT2D eigenvalue weighted by atomic mass is 35.5. The van der Waals surface area contributed by atoms with Crippen molar-refractivity contribution in [2.75, 3.05) is 50.0 Å². The number of nitrogens with one attached hydrogen (secondary N) is 5. The first-order chi connectivity index (χ1) is 23.6. The van der Waals surface area contributed by atoms with Crippen molar-refractivity contribution in [3.05, 3.63) is 94.0 Å². The Balaban J connectivity index is 0.000000191. The minimum Gasteiger partial charge on any atom is -0.369 e. The summed E-state index contributed by atoms with van der Waals surface area (Å²) in [5.74, 6) is -1.03. The van der Waals surface area contributed by atoms with E-state index in [0.29, 0.717) is 47.9 Å². The Bertz CT molecular complexity index is 1690. The first-order valence-electron chi connectivity index (χ1n) is 15.6. The molecule has 6 heterocycles. The quantitative estimate of drug-likeness (QED) is 0.173. The molecule has 6 rings (SSSR count). The van der Waals surface area contributed by atoms with Crippen LogP contribution in [0.15, 0.2) is 55.0 Å². The summed E-state index contributed by atoms with van der Waals surface area (Å²) in [7, 11) is 0. The number of alkyl halides is 3. The molecule has 0 aliphatic carbocycles. The van der Waals surface area contributed by atoms with Crippen LogP contribution in [0.2, 0.25) is 5.02 Å². The van der Waals surface area contributed by atoms with Crippen LogP contribution < -0.4 is 21.3 Å². The molecule has 2 aliphatic rings. The minimum absolute atomic E-state index is 0.0547. The lowest BCUT2D eigenvalue weighted by atomic mass is 10.2. The van der Waals surface area contributed by atoms with Crippen molar-refractivity contribution in [2.45, 2.75) is 38.1 Å². The van der Waals surface area contributed by atoms with E-state index in [2.05, 4.69) is 46.4 Å². The number of aromatic nitrogens is 5. The summed E-state index contributed by atoms with van der Waals surface area (Å²) in [6.45, 7) is 6.33. The summed E-state index contributed by atoms with van der Waals surface area (Å²) in [5, 5.41) is 18.9. The topological polar surface area (TPSA) is 168 Å². The number of hydrogen-bond donors (Lipinski definition) is 5. The van der Waals surface area contributed by atoms with Crippen molar-refractivity contribution in [3.63, 3.8) is 0 Å². The number of ether oxygens (including phenoxy) is 2. The molecular formula is C32H35ClF3N9O4. The van der Waals surface area contributed by atoms with Gasteiger partial charge in [-0.3, -0.25) is 29.6 Å². The van der Waals surface area contributed by atoms with Crippen molar-refractivity contribution >= 4 is 34.8 Å². The molecule has 2 amide bonds. The van der Waals surface area contributed by atoms with E-state index in [9.17, 15) is 22.8 Å². The fourth-order valence-electron chi connectivity index (χ4n) is 4.90. The highest BCUT2D eigenvalue weighted by molar-refractivity contribution is 6.34. The molecule has 49 heavy (non-hydrogen) atoms. The number of aryl methyl sites for hydroxylation is 1. The highest BCUT2D eigenvalue weighted by Gasteiger charge is 2.33. The second-order valence-corrected chi connectivity index (χ2v) is 11.4. The maximum atomic E-state index is 12.7. The molecular weight excluding hydrogens is 667 g/mol. The highest BCUT2D eigenvalue weighted by Crippen LogP contribution is 2.28. The third-order valence-corrected chi connectivity index (χ3v) is 7.81. The Kier molecular flexibility index (Phi) is 12.2. The number of H-pyrrole nitrogens is 1. The largest absolute Gasteiger partial charge is 0.433 e. The molecule has 2 atom stereocenters. The SMILES string of the molecule is CCCc1[nH]nc(C(=O)Nc2ccc(C3CNCCO3)nc2)c1Cl.O=C(Nc1ccc(C2CNCCO2)nc1)c1ccnc(C(F)(F)F)c1. The van der Waals surface area contributed by atoms with Gasteiger partial charge in [0.2, 0.25) is 0 Å². The van der Waals surface area contributed by atoms with Crippen LogP contribution in [0.3, 0.4) is 0 Å². The molecule has 0 radical (unpaired) electrons. The van der Waals surface area contributed by atoms with Crippen LogP contribution in [0.25, 0.3) is 0 Å². The number of pyridine rings is 3. The molecule has 0 bridgehead atoms. The van der Waals surface area contributed by atoms with Crippen LogP contribution in [0, 0.1) is 0 Å². The summed E-state index contributed by atoms with van der Waals surface area (Å²) >= 11 is 6.20. The fourth-order valence-corrected chi connectivity index (χ4v) is 5.17. The van der Waals surface area contributed by atoms with Crippen LogP contribution >= 0.6 is 11.6 Å². The third kappa shape index (κ3) is 9.79. The number of carbonyl (C=O) groups excluding carboxylic acids is 2. The van der Waals surface area contributed by atoms with Crippen LogP contribution in [0.4, 0.5) is 24.5 Å². The molecule has 0 saturated carbocycles. The number of rotatable bonds is 8. The van der Waals surface area contributed by atoms with E-state index in [1.165, 1.54) is 12.3 Å². The average molecular weight is 702 g/mol. The Hall–Kier alpha value is -4.48. The van der Waals surface area contributed by atoms with Gasteiger partial charge < -0.3 is 30.7 Å². The second kappa shape index (κ2) is 16.8. The lowest BCUT2D eigenvalue weighted by Gasteiger charge is -2.23. The van der Waals surface area contributed by atoms with Gasteiger partial charge in [-0.25, -0.2) is 0 Å². The van der Waals surface area contributed by atoms with E-state index in [1.54, 1.807) is 24.4 Å². The molecule has 13 nitrogen and oxygen atoms in total. The molecule has 2 fully saturated rings. The zero-order valence-electron chi connectivity index (χ0n) is 26.4. The Morgan fingerprint density at radius 3 is 1.98 bits per heavy atom. The Morgan fingerprint density at radius 1 is 0.898 bits per heavy atom. The predicted molar refractivity (Wildman–Crippen MR) is 174 cm³/mol. The smallest absolute Gasteiger partial charge is 0.369 e. The molecule has 0 spiro atoms. The normalized spacial score (nSPS) is 17.8. The van der Waals surface area contributed by atoms with Crippen LogP contribution in [-0.2, 0) is 22.1 Å². The number of anilines is 2. The Labute approximate surface area is 284 Å². The molecule has 5 N–H and O–H groups in total. The van der Waals surface area contributed by atoms with Crippen molar-refractivity contribution in [1.29, 1.82) is 0 Å². The number of carbonyl (C=O) groups is 2. The van der Waals surface area contributed by atoms with Crippen molar-refractivity contribution in [2.24, 2.45) is 0 Å². The standard InChI is InChI=1S/C16H20ClN5O2.C16H15F3N4O2/c1-2-3-12-14(17)15(22-21-12)16(23)20-10-4-5-11(19-8-10)13-9-18-6-7-24-13;17-16(18,19)14-7-10(3-4-21-14)15(24)23-11-1-2-12(22-8-11)13-9-20-5-6-25-13/h4-5,8,13,18H,2-3,6-7,9H2,1H3,(H,20,23)(H,21,22);1-4,7-8,13,20H,5-6,9H2,(H,23,24). The summed E-state index contributed by atoms with van der Waals surface area (Å²) < 4.78 is 49.2. The van der Waals surface area contributed by atoms with Gasteiger partial charge in [-0.1, -0.05) is 24.9 Å². The van der Waals surface area contributed by atoms with Gasteiger partial charge in [0.05, 0.1) is 59.1 Å². The minimum atomic E-state index is -4.60. The van der Waals surface area contributed by atoms with E-state index in [1.807, 2.05) is 13.0 Å². The summed E-state index contributed by atoms with van der Waals surface area (Å²) in [4.78, 5) is 36.2. The molecule has 2 saturated heterocycles. The second-order valence-electron chi connectivity index (χ2n) is 11.0. The van der Waals surface area contributed by atoms with Gasteiger partial charge in [0.25, 0.3) is 11.8 Å². The number of nitrogens with zero attached hydrogens (tertiary/aromatic N) is 4. The lowest BCUT2D eigenvalue weighted by molar-refractivity contribution is -0.141. The van der Waals surface area contributed by atoms with Gasteiger partial charge >= 0.3 is 6.18 Å². The molecule has 2 aliphatic heterocycles. The van der Waals surface area contributed by atoms with Crippen LogP contribution in [-0.4, -0.2) is 76.4 Å². The fraction of sp³-hybridized carbons (Fsp3) is 0.375. The third-order valence-electron chi connectivity index (χ3n) is 7.41. The molecule has 4 aromatic heterocycles. The first-order valence-corrected chi connectivity index (χ1v) is 16.0. The average Bonchev–Trinajstić information content (AvgIpc) is 3.49. The number of halogens is 4. The van der Waals surface area contributed by atoms with Crippen LogP contribution in [0.5, 0.6) is 0 Å². The van der Waals surface area contributed by atoms with Gasteiger partial charge in [0.1, 0.15) is 17.9 Å². The van der Waals surface area contributed by atoms with Gasteiger partial charge in [-0.05, 0) is 42.8 Å². The van der Waals surface area contributed by atoms with E-state index in [4.69, 9.17) is 21.1 Å². The predicted octanol–water partition coefficient (Wildman–Crippen LogP) is 4.73. The molecule has 2 unspecified atom stereocenters. The van der Waals surface area contributed by atoms with Crippen LogP contribution in [0.1, 0.15) is 69.2 Å². The number of aromatic amines is 1. The van der Waals surface area contributed by atoms with E-state index >= 15 is 0 Å². The zero-order chi connectivity index (χ0) is 34.8. The molecule has 4 aromatic rings. The summed E-state index contributed by atoms with van der Waals surface area (Å²) in [5.41, 5.74) is 2.24. The summed E-state index contributed by atoms with van der Waals surface area (Å²) in [6.07, 6.45) is 0.862. The number of morpholine rings is 2. The maximum Gasteiger partial charge on any atom is 0.433 e. The number of amides is 2. The first kappa shape index (κ1) is 35.8. The molecule has 0 aromatic carbocycles. The number of hydrogen-bond acceptors (Lipinski definition) is 10. The van der Waals surface area contributed by atoms with Gasteiger partial charge in [-0.2, -0.15) is 18.3 Å². The van der Waals surface area contributed by atoms with Crippen molar-refractivity contribution < 1.29 is 32.2 Å². The van der Waals surface area contributed by atoms with E-state index < -0.39 is 17.8 Å². The Morgan fingerprint density at radius 2 is 1.49 bits per heavy atom. The van der Waals surface area contributed by atoms with Gasteiger partial charge in [0.15, 0.2) is 5.69 Å². The van der Waals surface area contributed by atoms with Crippen molar-refractivity contribution in [1.82, 2.24) is 35.8 Å². The lowest BCUT2D eigenvalue weighted by Crippen LogP contribution is -2.33.